The Kier molecular flexibility index (Phi) is 4.84. The van der Waals surface area contributed by atoms with Gasteiger partial charge in [-0.1, -0.05) is 56.8 Å². The first kappa shape index (κ1) is 16.5. The molecular formula is C22H26N2. The van der Waals surface area contributed by atoms with Crippen molar-refractivity contribution in [2.45, 2.75) is 27.2 Å². The third kappa shape index (κ3) is 3.14. The van der Waals surface area contributed by atoms with Gasteiger partial charge >= 0.3 is 0 Å². The Hall–Kier alpha value is -2.35. The molecular weight excluding hydrogens is 292 g/mol. The van der Waals surface area contributed by atoms with Crippen LogP contribution in [0.3, 0.4) is 0 Å². The third-order valence-corrected chi connectivity index (χ3v) is 4.80. The van der Waals surface area contributed by atoms with Crippen molar-refractivity contribution in [1.29, 1.82) is 0 Å². The Balaban J connectivity index is 1.99. The lowest BCUT2D eigenvalue weighted by Gasteiger charge is -2.33. The van der Waals surface area contributed by atoms with Gasteiger partial charge in [-0.25, -0.2) is 0 Å². The molecule has 0 radical (unpaired) electrons. The van der Waals surface area contributed by atoms with Gasteiger partial charge in [0, 0.05) is 23.8 Å². The highest BCUT2D eigenvalue weighted by Crippen LogP contribution is 2.33. The van der Waals surface area contributed by atoms with Crippen molar-refractivity contribution in [3.05, 3.63) is 65.9 Å². The van der Waals surface area contributed by atoms with Crippen LogP contribution in [0.25, 0.3) is 10.8 Å². The molecule has 124 valence electrons. The second kappa shape index (κ2) is 7.04. The Morgan fingerprint density at radius 2 is 1.92 bits per heavy atom. The topological polar surface area (TPSA) is 15.6 Å². The van der Waals surface area contributed by atoms with E-state index in [0.717, 1.165) is 25.2 Å². The summed E-state index contributed by atoms with van der Waals surface area (Å²) >= 11 is 0. The summed E-state index contributed by atoms with van der Waals surface area (Å²) in [5.41, 5.74) is 5.04. The highest BCUT2D eigenvalue weighted by molar-refractivity contribution is 5.94. The van der Waals surface area contributed by atoms with Gasteiger partial charge in [0.15, 0.2) is 0 Å². The molecule has 0 aromatic heterocycles. The minimum absolute atomic E-state index is 0.464. The van der Waals surface area contributed by atoms with E-state index in [1.54, 1.807) is 0 Å². The van der Waals surface area contributed by atoms with Crippen LogP contribution in [-0.2, 0) is 0 Å². The van der Waals surface area contributed by atoms with Gasteiger partial charge in [-0.15, -0.1) is 0 Å². The summed E-state index contributed by atoms with van der Waals surface area (Å²) in [7, 11) is 0. The summed E-state index contributed by atoms with van der Waals surface area (Å²) in [6, 6.07) is 15.1. The largest absolute Gasteiger partial charge is 0.365 e. The molecule has 0 bridgehead atoms. The second-order valence-electron chi connectivity index (χ2n) is 6.66. The molecule has 1 aliphatic heterocycles. The van der Waals surface area contributed by atoms with E-state index in [2.05, 4.69) is 72.8 Å². The predicted octanol–water partition coefficient (Wildman–Crippen LogP) is 5.61. The summed E-state index contributed by atoms with van der Waals surface area (Å²) in [5, 5.41) is 2.60. The van der Waals surface area contributed by atoms with Crippen LogP contribution in [-0.4, -0.2) is 19.3 Å². The van der Waals surface area contributed by atoms with Gasteiger partial charge in [-0.05, 0) is 41.9 Å². The average Bonchev–Trinajstić information content (AvgIpc) is 2.61. The number of rotatable bonds is 4. The van der Waals surface area contributed by atoms with E-state index < -0.39 is 0 Å². The van der Waals surface area contributed by atoms with Crippen LogP contribution in [0.1, 0.15) is 27.2 Å². The van der Waals surface area contributed by atoms with Crippen LogP contribution in [0.5, 0.6) is 0 Å². The number of fused-ring (bicyclic) bond motifs is 1. The molecule has 24 heavy (non-hydrogen) atoms. The standard InChI is InChI=1S/C22H26N2/c1-5-23-21-15-24(14-13-19(21)17(4)16(2)3)22-12-8-10-18-9-6-7-11-20(18)22/h5-12,16H,4,13-15H2,1-3H3. The maximum Gasteiger partial charge on any atom is 0.0628 e. The van der Waals surface area contributed by atoms with E-state index in [-0.39, 0.29) is 0 Å². The van der Waals surface area contributed by atoms with Crippen LogP contribution in [0.2, 0.25) is 0 Å². The highest BCUT2D eigenvalue weighted by atomic mass is 15.1. The molecule has 1 aliphatic rings. The van der Waals surface area contributed by atoms with Crippen molar-refractivity contribution >= 4 is 22.7 Å². The average molecular weight is 318 g/mol. The highest BCUT2D eigenvalue weighted by Gasteiger charge is 2.22. The maximum atomic E-state index is 4.68. The fourth-order valence-corrected chi connectivity index (χ4v) is 3.40. The van der Waals surface area contributed by atoms with Crippen molar-refractivity contribution < 1.29 is 0 Å². The second-order valence-corrected chi connectivity index (χ2v) is 6.66. The first-order chi connectivity index (χ1) is 11.6. The van der Waals surface area contributed by atoms with Crippen molar-refractivity contribution in [3.8, 4) is 0 Å². The van der Waals surface area contributed by atoms with Gasteiger partial charge in [-0.3, -0.25) is 4.99 Å². The summed E-state index contributed by atoms with van der Waals surface area (Å²) in [6.07, 6.45) is 2.91. The summed E-state index contributed by atoms with van der Waals surface area (Å²) < 4.78 is 0. The lowest BCUT2D eigenvalue weighted by atomic mass is 9.90. The lowest BCUT2D eigenvalue weighted by Crippen LogP contribution is -2.32. The lowest BCUT2D eigenvalue weighted by molar-refractivity contribution is 0.709. The number of hydrogen-bond acceptors (Lipinski definition) is 2. The smallest absolute Gasteiger partial charge is 0.0628 e. The van der Waals surface area contributed by atoms with Crippen LogP contribution in [0.4, 0.5) is 5.69 Å². The molecule has 0 saturated heterocycles. The molecule has 0 amide bonds. The molecule has 0 atom stereocenters. The number of allylic oxidation sites excluding steroid dienone is 1. The van der Waals surface area contributed by atoms with Gasteiger partial charge in [-0.2, -0.15) is 0 Å². The molecule has 3 rings (SSSR count). The zero-order chi connectivity index (χ0) is 17.1. The quantitative estimate of drug-likeness (QED) is 0.669. The molecule has 0 saturated carbocycles. The Bertz CT molecular complexity index is 806. The van der Waals surface area contributed by atoms with E-state index in [4.69, 9.17) is 0 Å². The van der Waals surface area contributed by atoms with Gasteiger partial charge in [0.05, 0.1) is 12.2 Å². The third-order valence-electron chi connectivity index (χ3n) is 4.80. The van der Waals surface area contributed by atoms with Crippen molar-refractivity contribution in [3.63, 3.8) is 0 Å². The van der Waals surface area contributed by atoms with Crippen LogP contribution in [0.15, 0.2) is 70.9 Å². The van der Waals surface area contributed by atoms with Gasteiger partial charge in [0.2, 0.25) is 0 Å². The number of aliphatic imine (C=N–C) groups is 1. The van der Waals surface area contributed by atoms with Crippen LogP contribution >= 0.6 is 0 Å². The summed E-state index contributed by atoms with van der Waals surface area (Å²) in [6.45, 7) is 12.6. The number of nitrogens with zero attached hydrogens (tertiary/aromatic N) is 2. The molecule has 0 fully saturated rings. The monoisotopic (exact) mass is 318 g/mol. The number of anilines is 1. The van der Waals surface area contributed by atoms with Crippen molar-refractivity contribution in [2.75, 3.05) is 18.0 Å². The minimum Gasteiger partial charge on any atom is -0.365 e. The van der Waals surface area contributed by atoms with Crippen LogP contribution in [0, 0.1) is 5.92 Å². The molecule has 2 nitrogen and oxygen atoms in total. The molecule has 0 unspecified atom stereocenters. The van der Waals surface area contributed by atoms with Crippen molar-refractivity contribution in [2.24, 2.45) is 10.9 Å². The zero-order valence-corrected chi connectivity index (χ0v) is 14.9. The first-order valence-corrected chi connectivity index (χ1v) is 8.74. The van der Waals surface area contributed by atoms with E-state index >= 15 is 0 Å². The SMILES string of the molecule is C=C(C1=C(N=CC)CN(c2cccc3ccccc23)CC1)C(C)C. The summed E-state index contributed by atoms with van der Waals surface area (Å²) in [4.78, 5) is 7.12. The molecule has 2 aromatic rings. The van der Waals surface area contributed by atoms with E-state index in [9.17, 15) is 0 Å². The minimum atomic E-state index is 0.464. The fourth-order valence-electron chi connectivity index (χ4n) is 3.40. The maximum absolute atomic E-state index is 4.68. The molecule has 2 aromatic carbocycles. The predicted molar refractivity (Wildman–Crippen MR) is 106 cm³/mol. The van der Waals surface area contributed by atoms with E-state index in [1.807, 2.05) is 13.1 Å². The van der Waals surface area contributed by atoms with Gasteiger partial charge in [0.1, 0.15) is 0 Å². The van der Waals surface area contributed by atoms with Gasteiger partial charge in [0.25, 0.3) is 0 Å². The summed E-state index contributed by atoms with van der Waals surface area (Å²) in [5.74, 6) is 0.464. The number of hydrogen-bond donors (Lipinski definition) is 0. The molecule has 2 heteroatoms. The van der Waals surface area contributed by atoms with E-state index in [0.29, 0.717) is 5.92 Å². The van der Waals surface area contributed by atoms with E-state index in [1.165, 1.54) is 27.6 Å². The molecule has 0 N–H and O–H groups in total. The Morgan fingerprint density at radius 3 is 2.67 bits per heavy atom. The molecule has 1 heterocycles. The van der Waals surface area contributed by atoms with Crippen LogP contribution < -0.4 is 4.90 Å². The Morgan fingerprint density at radius 1 is 1.17 bits per heavy atom. The normalized spacial score (nSPS) is 15.8. The van der Waals surface area contributed by atoms with Crippen molar-refractivity contribution in [1.82, 2.24) is 0 Å². The fraction of sp³-hybridized carbons (Fsp3) is 0.318. The van der Waals surface area contributed by atoms with Gasteiger partial charge < -0.3 is 4.90 Å². The molecule has 0 aliphatic carbocycles. The number of benzene rings is 2. The molecule has 0 spiro atoms. The first-order valence-electron chi connectivity index (χ1n) is 8.74. The zero-order valence-electron chi connectivity index (χ0n) is 14.9. The Labute approximate surface area is 145 Å².